The predicted molar refractivity (Wildman–Crippen MR) is 88.9 cm³/mol. The zero-order valence-corrected chi connectivity index (χ0v) is 14.4. The molecule has 1 unspecified atom stereocenters. The lowest BCUT2D eigenvalue weighted by atomic mass is 9.94. The third kappa shape index (κ3) is 10.3. The van der Waals surface area contributed by atoms with Crippen molar-refractivity contribution in [3.05, 3.63) is 0 Å². The SMILES string of the molecule is CCCCCCCCCCC(CCCC)C(=O)N(C)C. The summed E-state index contributed by atoms with van der Waals surface area (Å²) in [6.45, 7) is 4.46. The highest BCUT2D eigenvalue weighted by molar-refractivity contribution is 5.78. The molecule has 2 heteroatoms. The van der Waals surface area contributed by atoms with E-state index in [0.29, 0.717) is 5.91 Å². The molecular weight excluding hydrogens is 246 g/mol. The number of unbranched alkanes of at least 4 members (excludes halogenated alkanes) is 8. The molecule has 0 bridgehead atoms. The number of nitrogens with zero attached hydrogens (tertiary/aromatic N) is 1. The van der Waals surface area contributed by atoms with Crippen LogP contribution in [0.2, 0.25) is 0 Å². The molecule has 0 N–H and O–H groups in total. The molecule has 0 spiro atoms. The molecule has 0 aromatic rings. The summed E-state index contributed by atoms with van der Waals surface area (Å²) in [7, 11) is 3.77. The molecule has 1 atom stereocenters. The minimum atomic E-state index is 0.269. The highest BCUT2D eigenvalue weighted by Crippen LogP contribution is 2.19. The van der Waals surface area contributed by atoms with Crippen molar-refractivity contribution >= 4 is 5.91 Å². The van der Waals surface area contributed by atoms with Crippen molar-refractivity contribution in [1.29, 1.82) is 0 Å². The van der Waals surface area contributed by atoms with Crippen molar-refractivity contribution in [3.8, 4) is 0 Å². The van der Waals surface area contributed by atoms with E-state index < -0.39 is 0 Å². The summed E-state index contributed by atoms with van der Waals surface area (Å²) in [4.78, 5) is 13.9. The Balaban J connectivity index is 3.71. The van der Waals surface area contributed by atoms with E-state index in [4.69, 9.17) is 0 Å². The Morgan fingerprint density at radius 1 is 0.750 bits per heavy atom. The first-order valence-electron chi connectivity index (χ1n) is 8.84. The topological polar surface area (TPSA) is 20.3 Å². The van der Waals surface area contributed by atoms with Gasteiger partial charge in [0.15, 0.2) is 0 Å². The fourth-order valence-electron chi connectivity index (χ4n) is 2.73. The van der Waals surface area contributed by atoms with Gasteiger partial charge in [0.05, 0.1) is 0 Å². The summed E-state index contributed by atoms with van der Waals surface area (Å²) < 4.78 is 0. The van der Waals surface area contributed by atoms with Crippen LogP contribution in [0.15, 0.2) is 0 Å². The highest BCUT2D eigenvalue weighted by Gasteiger charge is 2.18. The minimum absolute atomic E-state index is 0.269. The van der Waals surface area contributed by atoms with Gasteiger partial charge < -0.3 is 4.90 Å². The second kappa shape index (κ2) is 13.5. The minimum Gasteiger partial charge on any atom is -0.349 e. The number of carbonyl (C=O) groups excluding carboxylic acids is 1. The van der Waals surface area contributed by atoms with Crippen molar-refractivity contribution in [2.24, 2.45) is 5.92 Å². The molecule has 0 rings (SSSR count). The first kappa shape index (κ1) is 19.5. The van der Waals surface area contributed by atoms with Gasteiger partial charge in [-0.1, -0.05) is 78.1 Å². The molecule has 20 heavy (non-hydrogen) atoms. The number of rotatable bonds is 13. The molecule has 0 fully saturated rings. The van der Waals surface area contributed by atoms with Gasteiger partial charge in [-0.05, 0) is 12.8 Å². The van der Waals surface area contributed by atoms with E-state index in [1.54, 1.807) is 4.90 Å². The van der Waals surface area contributed by atoms with E-state index in [1.807, 2.05) is 14.1 Å². The summed E-state index contributed by atoms with van der Waals surface area (Å²) in [6, 6.07) is 0. The molecule has 0 heterocycles. The molecular formula is C18H37NO. The Labute approximate surface area is 127 Å². The quantitative estimate of drug-likeness (QED) is 0.414. The molecule has 0 aromatic heterocycles. The van der Waals surface area contributed by atoms with Crippen LogP contribution < -0.4 is 0 Å². The normalized spacial score (nSPS) is 12.4. The Morgan fingerprint density at radius 2 is 1.20 bits per heavy atom. The summed E-state index contributed by atoms with van der Waals surface area (Å²) in [5.41, 5.74) is 0. The van der Waals surface area contributed by atoms with Crippen molar-refractivity contribution < 1.29 is 4.79 Å². The van der Waals surface area contributed by atoms with Gasteiger partial charge >= 0.3 is 0 Å². The van der Waals surface area contributed by atoms with Crippen molar-refractivity contribution in [2.75, 3.05) is 14.1 Å². The second-order valence-electron chi connectivity index (χ2n) is 6.34. The smallest absolute Gasteiger partial charge is 0.225 e. The first-order valence-corrected chi connectivity index (χ1v) is 8.84. The standard InChI is InChI=1S/C18H37NO/c1-5-7-9-10-11-12-13-14-16-17(15-8-6-2)18(20)19(3)4/h17H,5-16H2,1-4H3. The lowest BCUT2D eigenvalue weighted by Crippen LogP contribution is -2.29. The van der Waals surface area contributed by atoms with Crippen molar-refractivity contribution in [3.63, 3.8) is 0 Å². The maximum Gasteiger partial charge on any atom is 0.225 e. The van der Waals surface area contributed by atoms with E-state index in [1.165, 1.54) is 64.2 Å². The predicted octanol–water partition coefficient (Wildman–Crippen LogP) is 5.41. The molecule has 0 saturated carbocycles. The Kier molecular flexibility index (Phi) is 13.1. The molecule has 2 nitrogen and oxygen atoms in total. The third-order valence-electron chi connectivity index (χ3n) is 4.10. The van der Waals surface area contributed by atoms with Crippen molar-refractivity contribution in [2.45, 2.75) is 90.9 Å². The van der Waals surface area contributed by atoms with E-state index in [-0.39, 0.29) is 5.92 Å². The summed E-state index contributed by atoms with van der Waals surface area (Å²) in [6.07, 6.45) is 15.3. The van der Waals surface area contributed by atoms with E-state index in [0.717, 1.165) is 12.8 Å². The summed E-state index contributed by atoms with van der Waals surface area (Å²) in [5, 5.41) is 0. The van der Waals surface area contributed by atoms with Gasteiger partial charge in [0.1, 0.15) is 0 Å². The molecule has 0 radical (unpaired) electrons. The van der Waals surface area contributed by atoms with Crippen molar-refractivity contribution in [1.82, 2.24) is 4.90 Å². The van der Waals surface area contributed by atoms with Gasteiger partial charge in [0.25, 0.3) is 0 Å². The fourth-order valence-corrected chi connectivity index (χ4v) is 2.73. The molecule has 0 aliphatic heterocycles. The van der Waals surface area contributed by atoms with Crippen LogP contribution in [0.4, 0.5) is 0 Å². The van der Waals surface area contributed by atoms with Crippen LogP contribution in [0.25, 0.3) is 0 Å². The number of carbonyl (C=O) groups is 1. The summed E-state index contributed by atoms with van der Waals surface area (Å²) in [5.74, 6) is 0.603. The highest BCUT2D eigenvalue weighted by atomic mass is 16.2. The molecule has 1 amide bonds. The second-order valence-corrected chi connectivity index (χ2v) is 6.34. The molecule has 0 saturated heterocycles. The third-order valence-corrected chi connectivity index (χ3v) is 4.10. The van der Waals surface area contributed by atoms with Crippen LogP contribution in [0.1, 0.15) is 90.9 Å². The molecule has 0 aliphatic rings. The average molecular weight is 284 g/mol. The maximum atomic E-state index is 12.1. The molecule has 0 aromatic carbocycles. The van der Waals surface area contributed by atoms with Crippen LogP contribution in [0, 0.1) is 5.92 Å². The lowest BCUT2D eigenvalue weighted by Gasteiger charge is -2.20. The monoisotopic (exact) mass is 283 g/mol. The maximum absolute atomic E-state index is 12.1. The van der Waals surface area contributed by atoms with Gasteiger partial charge in [0, 0.05) is 20.0 Å². The first-order chi connectivity index (χ1) is 9.63. The van der Waals surface area contributed by atoms with Crippen LogP contribution in [-0.4, -0.2) is 24.9 Å². The van der Waals surface area contributed by atoms with Gasteiger partial charge in [-0.15, -0.1) is 0 Å². The zero-order valence-electron chi connectivity index (χ0n) is 14.4. The van der Waals surface area contributed by atoms with Crippen LogP contribution >= 0.6 is 0 Å². The van der Waals surface area contributed by atoms with Crippen LogP contribution in [-0.2, 0) is 4.79 Å². The van der Waals surface area contributed by atoms with Crippen LogP contribution in [0.3, 0.4) is 0 Å². The Hall–Kier alpha value is -0.530. The fraction of sp³-hybridized carbons (Fsp3) is 0.944. The van der Waals surface area contributed by atoms with Gasteiger partial charge in [-0.3, -0.25) is 4.79 Å². The summed E-state index contributed by atoms with van der Waals surface area (Å²) >= 11 is 0. The number of amides is 1. The van der Waals surface area contributed by atoms with Gasteiger partial charge in [-0.2, -0.15) is 0 Å². The largest absolute Gasteiger partial charge is 0.349 e. The Bertz CT molecular complexity index is 225. The molecule has 120 valence electrons. The Morgan fingerprint density at radius 3 is 1.70 bits per heavy atom. The molecule has 0 aliphatic carbocycles. The zero-order chi connectivity index (χ0) is 15.2. The number of hydrogen-bond donors (Lipinski definition) is 0. The number of hydrogen-bond acceptors (Lipinski definition) is 1. The van der Waals surface area contributed by atoms with Gasteiger partial charge in [0.2, 0.25) is 5.91 Å². The van der Waals surface area contributed by atoms with E-state index in [9.17, 15) is 4.79 Å². The average Bonchev–Trinajstić information content (AvgIpc) is 2.44. The van der Waals surface area contributed by atoms with Crippen LogP contribution in [0.5, 0.6) is 0 Å². The van der Waals surface area contributed by atoms with E-state index >= 15 is 0 Å². The lowest BCUT2D eigenvalue weighted by molar-refractivity contribution is -0.133. The van der Waals surface area contributed by atoms with Gasteiger partial charge in [-0.25, -0.2) is 0 Å². The van der Waals surface area contributed by atoms with E-state index in [2.05, 4.69) is 13.8 Å².